The zero-order valence-corrected chi connectivity index (χ0v) is 13.6. The Labute approximate surface area is 143 Å². The summed E-state index contributed by atoms with van der Waals surface area (Å²) in [4.78, 5) is 18.9. The van der Waals surface area contributed by atoms with Gasteiger partial charge in [-0.15, -0.1) is 0 Å². The van der Waals surface area contributed by atoms with Crippen molar-refractivity contribution >= 4 is 34.4 Å². The highest BCUT2D eigenvalue weighted by atomic mass is 32.2. The van der Waals surface area contributed by atoms with Gasteiger partial charge in [0.05, 0.1) is 16.3 Å². The molecule has 0 saturated heterocycles. The number of nitrogens with zero attached hydrogens (tertiary/aromatic N) is 1. The molecule has 1 atom stereocenters. The number of imidazole rings is 1. The van der Waals surface area contributed by atoms with Crippen molar-refractivity contribution in [3.63, 3.8) is 0 Å². The van der Waals surface area contributed by atoms with Crippen molar-refractivity contribution < 1.29 is 22.4 Å². The zero-order valence-electron chi connectivity index (χ0n) is 12.7. The molecule has 130 valence electrons. The van der Waals surface area contributed by atoms with E-state index < -0.39 is 40.1 Å². The molecule has 2 N–H and O–H groups in total. The molecule has 9 heteroatoms. The average Bonchev–Trinajstić information content (AvgIpc) is 2.92. The lowest BCUT2D eigenvalue weighted by Gasteiger charge is -2.11. The molecule has 0 aliphatic rings. The Morgan fingerprint density at radius 3 is 2.44 bits per heavy atom. The number of anilines is 1. The van der Waals surface area contributed by atoms with Crippen molar-refractivity contribution in [3.05, 3.63) is 53.6 Å². The van der Waals surface area contributed by atoms with Gasteiger partial charge in [-0.3, -0.25) is 4.79 Å². The first-order valence-electron chi connectivity index (χ1n) is 7.11. The third kappa shape index (κ3) is 3.60. The quantitative estimate of drug-likeness (QED) is 0.534. The Bertz CT molecular complexity index is 901. The molecular formula is C16H11F4N3OS. The molecular weight excluding hydrogens is 358 g/mol. The largest absolute Gasteiger partial charge is 0.333 e. The minimum absolute atomic E-state index is 0.203. The van der Waals surface area contributed by atoms with Gasteiger partial charge in [0.2, 0.25) is 5.91 Å². The van der Waals surface area contributed by atoms with Gasteiger partial charge in [-0.05, 0) is 19.1 Å². The van der Waals surface area contributed by atoms with Gasteiger partial charge < -0.3 is 10.3 Å². The third-order valence-corrected chi connectivity index (χ3v) is 4.36. The second-order valence-electron chi connectivity index (χ2n) is 5.17. The highest BCUT2D eigenvalue weighted by molar-refractivity contribution is 8.00. The SMILES string of the molecule is CC(Sc1nc2cc(F)c(F)cc2[nH]1)C(=O)Nc1c(F)cccc1F. The van der Waals surface area contributed by atoms with E-state index in [0.717, 1.165) is 36.0 Å². The van der Waals surface area contributed by atoms with Crippen molar-refractivity contribution in [2.45, 2.75) is 17.3 Å². The number of rotatable bonds is 4. The third-order valence-electron chi connectivity index (χ3n) is 3.37. The molecule has 2 aromatic carbocycles. The van der Waals surface area contributed by atoms with Crippen LogP contribution in [0.2, 0.25) is 0 Å². The van der Waals surface area contributed by atoms with Crippen molar-refractivity contribution in [1.82, 2.24) is 9.97 Å². The van der Waals surface area contributed by atoms with Crippen LogP contribution in [0, 0.1) is 23.3 Å². The van der Waals surface area contributed by atoms with Crippen molar-refractivity contribution in [2.75, 3.05) is 5.32 Å². The second-order valence-corrected chi connectivity index (χ2v) is 6.50. The van der Waals surface area contributed by atoms with Gasteiger partial charge in [-0.2, -0.15) is 0 Å². The zero-order chi connectivity index (χ0) is 18.1. The first kappa shape index (κ1) is 17.3. The van der Waals surface area contributed by atoms with Crippen LogP contribution in [0.15, 0.2) is 35.5 Å². The summed E-state index contributed by atoms with van der Waals surface area (Å²) in [5.74, 6) is -4.47. The van der Waals surface area contributed by atoms with Gasteiger partial charge in [0.15, 0.2) is 16.8 Å². The number of carbonyl (C=O) groups excluding carboxylic acids is 1. The van der Waals surface area contributed by atoms with E-state index in [2.05, 4.69) is 15.3 Å². The van der Waals surface area contributed by atoms with Crippen molar-refractivity contribution in [3.8, 4) is 0 Å². The van der Waals surface area contributed by atoms with E-state index in [-0.39, 0.29) is 16.2 Å². The smallest absolute Gasteiger partial charge is 0.237 e. The molecule has 1 amide bonds. The summed E-state index contributed by atoms with van der Waals surface area (Å²) in [6, 6.07) is 5.13. The summed E-state index contributed by atoms with van der Waals surface area (Å²) < 4.78 is 53.5. The summed E-state index contributed by atoms with van der Waals surface area (Å²) in [7, 11) is 0. The molecule has 0 bridgehead atoms. The Balaban J connectivity index is 1.75. The first-order valence-corrected chi connectivity index (χ1v) is 7.99. The van der Waals surface area contributed by atoms with Gasteiger partial charge in [-0.25, -0.2) is 22.5 Å². The number of aromatic nitrogens is 2. The molecule has 0 spiro atoms. The summed E-state index contributed by atoms with van der Waals surface area (Å²) in [5.41, 5.74) is -0.0583. The number of hydrogen-bond acceptors (Lipinski definition) is 3. The minimum Gasteiger partial charge on any atom is -0.333 e. The normalized spacial score (nSPS) is 12.4. The van der Waals surface area contributed by atoms with Crippen LogP contribution in [0.4, 0.5) is 23.2 Å². The van der Waals surface area contributed by atoms with E-state index in [9.17, 15) is 22.4 Å². The van der Waals surface area contributed by atoms with Crippen LogP contribution in [-0.4, -0.2) is 21.1 Å². The number of para-hydroxylation sites is 1. The Hall–Kier alpha value is -2.55. The minimum atomic E-state index is -1.03. The van der Waals surface area contributed by atoms with Gasteiger partial charge in [0.25, 0.3) is 0 Å². The van der Waals surface area contributed by atoms with Crippen LogP contribution >= 0.6 is 11.8 Å². The second kappa shape index (κ2) is 6.75. The summed E-state index contributed by atoms with van der Waals surface area (Å²) in [6.07, 6.45) is 0. The van der Waals surface area contributed by atoms with Gasteiger partial charge in [0.1, 0.15) is 17.3 Å². The van der Waals surface area contributed by atoms with Crippen LogP contribution in [0.1, 0.15) is 6.92 Å². The van der Waals surface area contributed by atoms with Crippen LogP contribution in [0.5, 0.6) is 0 Å². The number of carbonyl (C=O) groups is 1. The van der Waals surface area contributed by atoms with E-state index in [1.54, 1.807) is 0 Å². The first-order chi connectivity index (χ1) is 11.8. The molecule has 1 unspecified atom stereocenters. The number of nitrogens with one attached hydrogen (secondary N) is 2. The van der Waals surface area contributed by atoms with Crippen LogP contribution in [0.25, 0.3) is 11.0 Å². The number of thioether (sulfide) groups is 1. The fourth-order valence-electron chi connectivity index (χ4n) is 2.10. The Morgan fingerprint density at radius 1 is 1.12 bits per heavy atom. The maximum absolute atomic E-state index is 13.6. The van der Waals surface area contributed by atoms with E-state index >= 15 is 0 Å². The van der Waals surface area contributed by atoms with Gasteiger partial charge in [-0.1, -0.05) is 17.8 Å². The predicted octanol–water partition coefficient (Wildman–Crippen LogP) is 4.24. The number of aromatic amines is 1. The van der Waals surface area contributed by atoms with Crippen LogP contribution in [0.3, 0.4) is 0 Å². The number of hydrogen-bond donors (Lipinski definition) is 2. The average molecular weight is 369 g/mol. The maximum atomic E-state index is 13.6. The highest BCUT2D eigenvalue weighted by Gasteiger charge is 2.20. The Morgan fingerprint density at radius 2 is 1.76 bits per heavy atom. The number of H-pyrrole nitrogens is 1. The number of halogens is 4. The van der Waals surface area contributed by atoms with Crippen molar-refractivity contribution in [2.24, 2.45) is 0 Å². The topological polar surface area (TPSA) is 57.8 Å². The standard InChI is InChI=1S/C16H11F4N3OS/c1-7(15(24)23-14-8(17)3-2-4-9(14)18)25-16-21-12-5-10(19)11(20)6-13(12)22-16/h2-7H,1H3,(H,21,22)(H,23,24). The van der Waals surface area contributed by atoms with Gasteiger partial charge in [0, 0.05) is 12.1 Å². The molecule has 0 aliphatic carbocycles. The van der Waals surface area contributed by atoms with E-state index in [1.807, 2.05) is 0 Å². The molecule has 4 nitrogen and oxygen atoms in total. The van der Waals surface area contributed by atoms with E-state index in [0.29, 0.717) is 0 Å². The summed E-state index contributed by atoms with van der Waals surface area (Å²) in [5, 5.41) is 1.66. The number of fused-ring (bicyclic) bond motifs is 1. The molecule has 3 aromatic rings. The molecule has 25 heavy (non-hydrogen) atoms. The molecule has 0 fully saturated rings. The molecule has 1 aromatic heterocycles. The fourth-order valence-corrected chi connectivity index (χ4v) is 2.92. The Kier molecular flexibility index (Phi) is 4.67. The molecule has 1 heterocycles. The molecule has 3 rings (SSSR count). The summed E-state index contributed by atoms with van der Waals surface area (Å²) >= 11 is 0.952. The van der Waals surface area contributed by atoms with E-state index in [1.165, 1.54) is 13.0 Å². The summed E-state index contributed by atoms with van der Waals surface area (Å²) in [6.45, 7) is 1.51. The maximum Gasteiger partial charge on any atom is 0.237 e. The lowest BCUT2D eigenvalue weighted by Crippen LogP contribution is -2.23. The van der Waals surface area contributed by atoms with Crippen LogP contribution in [-0.2, 0) is 4.79 Å². The van der Waals surface area contributed by atoms with Gasteiger partial charge >= 0.3 is 0 Å². The lowest BCUT2D eigenvalue weighted by molar-refractivity contribution is -0.115. The van der Waals surface area contributed by atoms with Crippen LogP contribution < -0.4 is 5.32 Å². The molecule has 0 radical (unpaired) electrons. The monoisotopic (exact) mass is 369 g/mol. The lowest BCUT2D eigenvalue weighted by atomic mass is 10.3. The molecule has 0 saturated carbocycles. The molecule has 0 aliphatic heterocycles. The number of amides is 1. The van der Waals surface area contributed by atoms with Crippen molar-refractivity contribution in [1.29, 1.82) is 0 Å². The number of benzene rings is 2. The van der Waals surface area contributed by atoms with E-state index in [4.69, 9.17) is 0 Å². The fraction of sp³-hybridized carbons (Fsp3) is 0.125. The highest BCUT2D eigenvalue weighted by Crippen LogP contribution is 2.26. The predicted molar refractivity (Wildman–Crippen MR) is 86.3 cm³/mol.